The molecule has 0 unspecified atom stereocenters. The van der Waals surface area contributed by atoms with Gasteiger partial charge in [0.15, 0.2) is 0 Å². The van der Waals surface area contributed by atoms with Gasteiger partial charge in [0.2, 0.25) is 15.9 Å². The molecular weight excluding hydrogens is 278 g/mol. The van der Waals surface area contributed by atoms with Crippen molar-refractivity contribution in [1.29, 1.82) is 0 Å². The van der Waals surface area contributed by atoms with Crippen LogP contribution in [-0.4, -0.2) is 20.9 Å². The molecule has 0 saturated heterocycles. The highest BCUT2D eigenvalue weighted by Crippen LogP contribution is 2.19. The topological polar surface area (TPSA) is 115 Å². The van der Waals surface area contributed by atoms with Crippen LogP contribution in [0.5, 0.6) is 0 Å². The normalized spacial score (nSPS) is 11.4. The molecule has 0 spiro atoms. The van der Waals surface area contributed by atoms with Gasteiger partial charge in [0.25, 0.3) is 0 Å². The van der Waals surface area contributed by atoms with Crippen molar-refractivity contribution >= 4 is 21.6 Å². The summed E-state index contributed by atoms with van der Waals surface area (Å²) in [7, 11) is -3.65. The summed E-state index contributed by atoms with van der Waals surface area (Å²) < 4.78 is 26.6. The van der Waals surface area contributed by atoms with Gasteiger partial charge in [-0.05, 0) is 24.6 Å². The fourth-order valence-corrected chi connectivity index (χ4v) is 2.97. The van der Waals surface area contributed by atoms with Crippen molar-refractivity contribution in [2.75, 3.05) is 12.3 Å². The minimum absolute atomic E-state index is 0.0161. The van der Waals surface area contributed by atoms with Crippen LogP contribution in [0.15, 0.2) is 23.1 Å². The third-order valence-corrected chi connectivity index (χ3v) is 4.44. The van der Waals surface area contributed by atoms with Crippen molar-refractivity contribution in [3.05, 3.63) is 23.8 Å². The van der Waals surface area contributed by atoms with Crippen LogP contribution in [0.25, 0.3) is 0 Å². The predicted octanol–water partition coefficient (Wildman–Crippen LogP) is 1.23. The molecule has 0 aromatic heterocycles. The number of nitrogens with one attached hydrogen (secondary N) is 1. The Bertz CT molecular complexity index is 570. The van der Waals surface area contributed by atoms with Crippen molar-refractivity contribution in [1.82, 2.24) is 4.72 Å². The SMILES string of the molecule is CCCCCCNS(=O)(=O)c1ccc(C(N)=O)cc1N. The first-order chi connectivity index (χ1) is 9.38. The van der Waals surface area contributed by atoms with E-state index >= 15 is 0 Å². The molecule has 1 aromatic carbocycles. The smallest absolute Gasteiger partial charge is 0.248 e. The van der Waals surface area contributed by atoms with E-state index in [1.807, 2.05) is 0 Å². The van der Waals surface area contributed by atoms with Crippen LogP contribution in [0.4, 0.5) is 5.69 Å². The van der Waals surface area contributed by atoms with E-state index in [0.717, 1.165) is 25.7 Å². The van der Waals surface area contributed by atoms with Crippen LogP contribution in [0.1, 0.15) is 43.0 Å². The number of hydrogen-bond acceptors (Lipinski definition) is 4. The van der Waals surface area contributed by atoms with Gasteiger partial charge in [0.05, 0.1) is 5.69 Å². The molecule has 1 amide bonds. The van der Waals surface area contributed by atoms with Crippen LogP contribution in [-0.2, 0) is 10.0 Å². The summed E-state index contributed by atoms with van der Waals surface area (Å²) in [6, 6.07) is 3.92. The Balaban J connectivity index is 2.75. The lowest BCUT2D eigenvalue weighted by molar-refractivity contribution is 0.1000. The number of rotatable bonds is 8. The monoisotopic (exact) mass is 299 g/mol. The number of unbranched alkanes of at least 4 members (excludes halogenated alkanes) is 3. The highest BCUT2D eigenvalue weighted by Gasteiger charge is 2.17. The van der Waals surface area contributed by atoms with E-state index in [4.69, 9.17) is 11.5 Å². The standard InChI is InChI=1S/C13H21N3O3S/c1-2-3-4-5-8-16-20(18,19)12-7-6-10(13(15)17)9-11(12)14/h6-7,9,16H,2-5,8,14H2,1H3,(H2,15,17). The van der Waals surface area contributed by atoms with E-state index in [1.54, 1.807) is 0 Å². The first-order valence-corrected chi connectivity index (χ1v) is 8.05. The van der Waals surface area contributed by atoms with E-state index in [2.05, 4.69) is 11.6 Å². The quantitative estimate of drug-likeness (QED) is 0.494. The van der Waals surface area contributed by atoms with Crippen LogP contribution in [0, 0.1) is 0 Å². The molecule has 0 aliphatic rings. The Morgan fingerprint density at radius 2 is 1.95 bits per heavy atom. The summed E-state index contributed by atoms with van der Waals surface area (Å²) in [6.45, 7) is 2.46. The zero-order chi connectivity index (χ0) is 15.2. The summed E-state index contributed by atoms with van der Waals surface area (Å²) in [5.41, 5.74) is 11.0. The Labute approximate surface area is 119 Å². The van der Waals surface area contributed by atoms with Crippen LogP contribution >= 0.6 is 0 Å². The first-order valence-electron chi connectivity index (χ1n) is 6.57. The van der Waals surface area contributed by atoms with E-state index in [-0.39, 0.29) is 16.1 Å². The molecule has 0 fully saturated rings. The van der Waals surface area contributed by atoms with Gasteiger partial charge in [-0.2, -0.15) is 0 Å². The number of nitrogen functional groups attached to an aromatic ring is 1. The molecule has 0 aliphatic heterocycles. The lowest BCUT2D eigenvalue weighted by Crippen LogP contribution is -2.26. The number of primary amides is 1. The summed E-state index contributed by atoms with van der Waals surface area (Å²) in [5, 5.41) is 0. The number of hydrogen-bond donors (Lipinski definition) is 3. The fraction of sp³-hybridized carbons (Fsp3) is 0.462. The Hall–Kier alpha value is -1.60. The molecule has 5 N–H and O–H groups in total. The number of benzene rings is 1. The lowest BCUT2D eigenvalue weighted by atomic mass is 10.2. The van der Waals surface area contributed by atoms with Crippen molar-refractivity contribution in [2.45, 2.75) is 37.5 Å². The molecule has 1 rings (SSSR count). The highest BCUT2D eigenvalue weighted by molar-refractivity contribution is 7.89. The molecule has 7 heteroatoms. The third-order valence-electron chi connectivity index (χ3n) is 2.91. The van der Waals surface area contributed by atoms with Crippen LogP contribution in [0.2, 0.25) is 0 Å². The number of carbonyl (C=O) groups is 1. The van der Waals surface area contributed by atoms with Gasteiger partial charge < -0.3 is 11.5 Å². The summed E-state index contributed by atoms with van der Waals surface area (Å²) in [4.78, 5) is 11.0. The Morgan fingerprint density at radius 1 is 1.25 bits per heavy atom. The molecule has 0 radical (unpaired) electrons. The molecule has 0 atom stereocenters. The summed E-state index contributed by atoms with van der Waals surface area (Å²) in [6.07, 6.45) is 3.94. The zero-order valence-electron chi connectivity index (χ0n) is 11.6. The molecule has 0 heterocycles. The van der Waals surface area contributed by atoms with Crippen LogP contribution in [0.3, 0.4) is 0 Å². The number of carbonyl (C=O) groups excluding carboxylic acids is 1. The van der Waals surface area contributed by atoms with E-state index in [0.29, 0.717) is 6.54 Å². The molecule has 1 aromatic rings. The molecule has 0 saturated carbocycles. The average Bonchev–Trinajstić information content (AvgIpc) is 2.37. The molecular formula is C13H21N3O3S. The lowest BCUT2D eigenvalue weighted by Gasteiger charge is -2.09. The second kappa shape index (κ2) is 7.25. The van der Waals surface area contributed by atoms with Gasteiger partial charge in [0.1, 0.15) is 4.90 Å². The minimum Gasteiger partial charge on any atom is -0.398 e. The van der Waals surface area contributed by atoms with E-state index < -0.39 is 15.9 Å². The van der Waals surface area contributed by atoms with Gasteiger partial charge in [-0.15, -0.1) is 0 Å². The number of sulfonamides is 1. The minimum atomic E-state index is -3.65. The van der Waals surface area contributed by atoms with Crippen molar-refractivity contribution in [3.8, 4) is 0 Å². The maximum absolute atomic E-state index is 12.1. The van der Waals surface area contributed by atoms with E-state index in [1.165, 1.54) is 18.2 Å². The molecule has 112 valence electrons. The van der Waals surface area contributed by atoms with Gasteiger partial charge >= 0.3 is 0 Å². The second-order valence-electron chi connectivity index (χ2n) is 4.58. The van der Waals surface area contributed by atoms with Crippen molar-refractivity contribution in [3.63, 3.8) is 0 Å². The van der Waals surface area contributed by atoms with Crippen LogP contribution < -0.4 is 16.2 Å². The third kappa shape index (κ3) is 4.50. The first kappa shape index (κ1) is 16.5. The molecule has 0 aliphatic carbocycles. The molecule has 0 bridgehead atoms. The number of anilines is 1. The van der Waals surface area contributed by atoms with Gasteiger partial charge in [0, 0.05) is 12.1 Å². The van der Waals surface area contributed by atoms with E-state index in [9.17, 15) is 13.2 Å². The van der Waals surface area contributed by atoms with Crippen molar-refractivity contribution in [2.24, 2.45) is 5.73 Å². The summed E-state index contributed by atoms with van der Waals surface area (Å²) in [5.74, 6) is -0.645. The summed E-state index contributed by atoms with van der Waals surface area (Å²) >= 11 is 0. The molecule has 20 heavy (non-hydrogen) atoms. The number of amides is 1. The Kier molecular flexibility index (Phi) is 5.97. The van der Waals surface area contributed by atoms with Crippen molar-refractivity contribution < 1.29 is 13.2 Å². The molecule has 6 nitrogen and oxygen atoms in total. The second-order valence-corrected chi connectivity index (χ2v) is 6.31. The highest BCUT2D eigenvalue weighted by atomic mass is 32.2. The maximum atomic E-state index is 12.1. The predicted molar refractivity (Wildman–Crippen MR) is 78.7 cm³/mol. The maximum Gasteiger partial charge on any atom is 0.248 e. The Morgan fingerprint density at radius 3 is 2.50 bits per heavy atom. The van der Waals surface area contributed by atoms with Gasteiger partial charge in [-0.25, -0.2) is 13.1 Å². The number of nitrogens with two attached hydrogens (primary N) is 2. The largest absolute Gasteiger partial charge is 0.398 e. The van der Waals surface area contributed by atoms with Gasteiger partial charge in [-0.3, -0.25) is 4.79 Å². The average molecular weight is 299 g/mol. The van der Waals surface area contributed by atoms with Gasteiger partial charge in [-0.1, -0.05) is 26.2 Å². The fourth-order valence-electron chi connectivity index (χ4n) is 1.78. The zero-order valence-corrected chi connectivity index (χ0v) is 12.4.